The summed E-state index contributed by atoms with van der Waals surface area (Å²) < 4.78 is 27.4. The average molecular weight is 269 g/mol. The molecule has 1 N–H and O–H groups in total. The summed E-state index contributed by atoms with van der Waals surface area (Å²) in [4.78, 5) is 11.7. The summed E-state index contributed by atoms with van der Waals surface area (Å²) in [6, 6.07) is 1.40. The highest BCUT2D eigenvalue weighted by molar-refractivity contribution is 7.89. The Balaban J connectivity index is 2.37. The second-order valence-corrected chi connectivity index (χ2v) is 5.98. The van der Waals surface area contributed by atoms with Crippen LogP contribution < -0.4 is 5.32 Å². The molecular formula is C11H15N3O3S. The zero-order chi connectivity index (χ0) is 13.3. The number of aromatic nitrogens is 1. The molecule has 6 nitrogen and oxygen atoms in total. The fraction of sp³-hybridized carbons (Fsp3) is 0.364. The van der Waals surface area contributed by atoms with Crippen LogP contribution in [-0.4, -0.2) is 43.3 Å². The molecule has 1 aliphatic rings. The molecule has 0 saturated heterocycles. The van der Waals surface area contributed by atoms with Crippen molar-refractivity contribution in [2.75, 3.05) is 20.1 Å². The van der Waals surface area contributed by atoms with Crippen molar-refractivity contribution in [3.05, 3.63) is 30.1 Å². The van der Waals surface area contributed by atoms with Crippen LogP contribution in [0.3, 0.4) is 0 Å². The van der Waals surface area contributed by atoms with Gasteiger partial charge in [0, 0.05) is 33.4 Å². The number of rotatable bonds is 3. The zero-order valence-corrected chi connectivity index (χ0v) is 11.1. The molecule has 0 aliphatic carbocycles. The van der Waals surface area contributed by atoms with Crippen molar-refractivity contribution in [3.8, 4) is 0 Å². The number of hydrogen-bond donors (Lipinski definition) is 1. The van der Waals surface area contributed by atoms with Crippen molar-refractivity contribution in [2.24, 2.45) is 7.05 Å². The Morgan fingerprint density at radius 1 is 1.33 bits per heavy atom. The molecule has 0 fully saturated rings. The number of hydrogen-bond acceptors (Lipinski definition) is 3. The lowest BCUT2D eigenvalue weighted by atomic mass is 10.4. The Kier molecular flexibility index (Phi) is 3.27. The maximum atomic E-state index is 12.3. The number of carbonyl (C=O) groups excluding carboxylic acids is 1. The molecule has 18 heavy (non-hydrogen) atoms. The predicted octanol–water partition coefficient (Wildman–Crippen LogP) is -0.0548. The average Bonchev–Trinajstić information content (AvgIpc) is 2.97. The van der Waals surface area contributed by atoms with Gasteiger partial charge >= 0.3 is 0 Å². The van der Waals surface area contributed by atoms with Crippen LogP contribution in [0.25, 0.3) is 0 Å². The molecule has 1 aliphatic heterocycles. The first-order chi connectivity index (χ1) is 8.46. The quantitative estimate of drug-likeness (QED) is 0.782. The number of nitrogens with one attached hydrogen (secondary N) is 1. The summed E-state index contributed by atoms with van der Waals surface area (Å²) in [5.41, 5.74) is 0.322. The molecule has 2 heterocycles. The van der Waals surface area contributed by atoms with E-state index in [2.05, 4.69) is 5.32 Å². The Morgan fingerprint density at radius 3 is 2.50 bits per heavy atom. The lowest BCUT2D eigenvalue weighted by Crippen LogP contribution is -2.28. The third-order valence-electron chi connectivity index (χ3n) is 2.86. The Morgan fingerprint density at radius 2 is 1.94 bits per heavy atom. The Labute approximate surface area is 106 Å². The monoisotopic (exact) mass is 269 g/mol. The molecule has 98 valence electrons. The van der Waals surface area contributed by atoms with Gasteiger partial charge in [-0.05, 0) is 6.07 Å². The van der Waals surface area contributed by atoms with Crippen molar-refractivity contribution < 1.29 is 13.2 Å². The highest BCUT2D eigenvalue weighted by Gasteiger charge is 2.27. The van der Waals surface area contributed by atoms with Crippen LogP contribution in [-0.2, 0) is 17.1 Å². The lowest BCUT2D eigenvalue weighted by molar-refractivity contribution is 0.0955. The molecule has 1 aromatic rings. The van der Waals surface area contributed by atoms with E-state index in [9.17, 15) is 13.2 Å². The summed E-state index contributed by atoms with van der Waals surface area (Å²) in [7, 11) is -0.360. The van der Waals surface area contributed by atoms with Crippen LogP contribution in [0.5, 0.6) is 0 Å². The van der Waals surface area contributed by atoms with Crippen LogP contribution in [0.2, 0.25) is 0 Å². The molecule has 0 aromatic carbocycles. The van der Waals surface area contributed by atoms with Gasteiger partial charge in [0.15, 0.2) is 0 Å². The van der Waals surface area contributed by atoms with Gasteiger partial charge in [0.25, 0.3) is 5.91 Å². The molecule has 0 radical (unpaired) electrons. The Bertz CT molecular complexity index is 593. The minimum absolute atomic E-state index is 0.146. The first kappa shape index (κ1) is 12.8. The van der Waals surface area contributed by atoms with Crippen LogP contribution in [0, 0.1) is 0 Å². The Hall–Kier alpha value is -1.60. The first-order valence-corrected chi connectivity index (χ1v) is 6.94. The standard InChI is InChI=1S/C11H15N3O3S/c1-12-11(15)10-7-9(8-13(10)2)18(16,17)14-5-3-4-6-14/h3-4,7-8H,5-6H2,1-2H3,(H,12,15). The number of carbonyl (C=O) groups is 1. The van der Waals surface area contributed by atoms with Crippen LogP contribution in [0.1, 0.15) is 10.5 Å². The third kappa shape index (κ3) is 2.06. The largest absolute Gasteiger partial charge is 0.354 e. The zero-order valence-electron chi connectivity index (χ0n) is 10.3. The second kappa shape index (κ2) is 4.58. The minimum Gasteiger partial charge on any atom is -0.354 e. The van der Waals surface area contributed by atoms with Crippen molar-refractivity contribution >= 4 is 15.9 Å². The third-order valence-corrected chi connectivity index (χ3v) is 4.66. The summed E-state index contributed by atoms with van der Waals surface area (Å²) in [5, 5.41) is 2.48. The highest BCUT2D eigenvalue weighted by atomic mass is 32.2. The number of sulfonamides is 1. The van der Waals surface area contributed by atoms with Gasteiger partial charge in [-0.2, -0.15) is 4.31 Å². The van der Waals surface area contributed by atoms with Crippen LogP contribution in [0.4, 0.5) is 0 Å². The van der Waals surface area contributed by atoms with Gasteiger partial charge in [-0.3, -0.25) is 4.79 Å². The van der Waals surface area contributed by atoms with Gasteiger partial charge in [-0.15, -0.1) is 0 Å². The molecule has 0 atom stereocenters. The van der Waals surface area contributed by atoms with Gasteiger partial charge in [-0.1, -0.05) is 12.2 Å². The van der Waals surface area contributed by atoms with Gasteiger partial charge in [0.1, 0.15) is 10.6 Å². The van der Waals surface area contributed by atoms with Crippen molar-refractivity contribution in [1.29, 1.82) is 0 Å². The van der Waals surface area contributed by atoms with E-state index >= 15 is 0 Å². The fourth-order valence-electron chi connectivity index (χ4n) is 1.83. The van der Waals surface area contributed by atoms with Gasteiger partial charge in [0.05, 0.1) is 0 Å². The minimum atomic E-state index is -3.51. The summed E-state index contributed by atoms with van der Waals surface area (Å²) >= 11 is 0. The maximum absolute atomic E-state index is 12.3. The molecule has 0 spiro atoms. The summed E-state index contributed by atoms with van der Waals surface area (Å²) in [6.45, 7) is 0.763. The fourth-order valence-corrected chi connectivity index (χ4v) is 3.25. The number of amides is 1. The first-order valence-electron chi connectivity index (χ1n) is 5.50. The topological polar surface area (TPSA) is 71.4 Å². The maximum Gasteiger partial charge on any atom is 0.267 e. The van der Waals surface area contributed by atoms with Gasteiger partial charge < -0.3 is 9.88 Å². The van der Waals surface area contributed by atoms with Crippen molar-refractivity contribution in [1.82, 2.24) is 14.2 Å². The van der Waals surface area contributed by atoms with E-state index < -0.39 is 10.0 Å². The molecule has 0 unspecified atom stereocenters. The van der Waals surface area contributed by atoms with Crippen molar-refractivity contribution in [3.63, 3.8) is 0 Å². The van der Waals surface area contributed by atoms with E-state index in [1.54, 1.807) is 19.2 Å². The normalized spacial score (nSPS) is 16.1. The molecule has 7 heteroatoms. The van der Waals surface area contributed by atoms with E-state index in [1.165, 1.54) is 28.2 Å². The SMILES string of the molecule is CNC(=O)c1cc(S(=O)(=O)N2CC=CC2)cn1C. The lowest BCUT2D eigenvalue weighted by Gasteiger charge is -2.13. The van der Waals surface area contributed by atoms with E-state index in [0.717, 1.165) is 0 Å². The molecule has 1 aromatic heterocycles. The molecular weight excluding hydrogens is 254 g/mol. The van der Waals surface area contributed by atoms with Crippen molar-refractivity contribution in [2.45, 2.75) is 4.90 Å². The van der Waals surface area contributed by atoms with Crippen LogP contribution >= 0.6 is 0 Å². The smallest absolute Gasteiger partial charge is 0.267 e. The molecule has 2 rings (SSSR count). The number of nitrogens with zero attached hydrogens (tertiary/aromatic N) is 2. The van der Waals surface area contributed by atoms with E-state index in [-0.39, 0.29) is 10.8 Å². The molecule has 1 amide bonds. The molecule has 0 saturated carbocycles. The summed E-state index contributed by atoms with van der Waals surface area (Å²) in [5.74, 6) is -0.307. The molecule has 0 bridgehead atoms. The van der Waals surface area contributed by atoms with E-state index in [0.29, 0.717) is 18.8 Å². The second-order valence-electron chi connectivity index (χ2n) is 4.04. The van der Waals surface area contributed by atoms with Crippen LogP contribution in [0.15, 0.2) is 29.3 Å². The predicted molar refractivity (Wildman–Crippen MR) is 66.7 cm³/mol. The van der Waals surface area contributed by atoms with Gasteiger partial charge in [-0.25, -0.2) is 8.42 Å². The van der Waals surface area contributed by atoms with E-state index in [1.807, 2.05) is 0 Å². The van der Waals surface area contributed by atoms with Gasteiger partial charge in [0.2, 0.25) is 10.0 Å². The van der Waals surface area contributed by atoms with E-state index in [4.69, 9.17) is 0 Å². The summed E-state index contributed by atoms with van der Waals surface area (Å²) in [6.07, 6.45) is 5.07. The number of aryl methyl sites for hydroxylation is 1. The highest BCUT2D eigenvalue weighted by Crippen LogP contribution is 2.20.